The van der Waals surface area contributed by atoms with Gasteiger partial charge >= 0.3 is 6.18 Å². The van der Waals surface area contributed by atoms with Gasteiger partial charge in [0.1, 0.15) is 11.6 Å². The second-order valence-electron chi connectivity index (χ2n) is 8.52. The van der Waals surface area contributed by atoms with Crippen LogP contribution in [0.15, 0.2) is 42.5 Å². The number of nitrogens with one attached hydrogen (secondary N) is 1. The summed E-state index contributed by atoms with van der Waals surface area (Å²) in [6, 6.07) is 11.5. The van der Waals surface area contributed by atoms with Gasteiger partial charge in [-0.2, -0.15) is 13.2 Å². The van der Waals surface area contributed by atoms with Crippen molar-refractivity contribution >= 4 is 34.8 Å². The van der Waals surface area contributed by atoms with Crippen molar-refractivity contribution in [3.05, 3.63) is 63.9 Å². The highest BCUT2D eigenvalue weighted by atomic mass is 35.5. The number of amides is 1. The van der Waals surface area contributed by atoms with Gasteiger partial charge in [-0.3, -0.25) is 4.79 Å². The number of anilines is 1. The van der Waals surface area contributed by atoms with Crippen molar-refractivity contribution in [1.29, 1.82) is 0 Å². The van der Waals surface area contributed by atoms with Crippen molar-refractivity contribution in [2.75, 3.05) is 24.7 Å². The third kappa shape index (κ3) is 6.32. The Bertz CT molecular complexity index is 1210. The molecule has 0 radical (unpaired) electrons. The predicted octanol–water partition coefficient (Wildman–Crippen LogP) is 7.07. The zero-order valence-electron chi connectivity index (χ0n) is 19.5. The van der Waals surface area contributed by atoms with Gasteiger partial charge in [-0.05, 0) is 62.2 Å². The predicted molar refractivity (Wildman–Crippen MR) is 134 cm³/mol. The molecule has 0 unspecified atom stereocenters. The van der Waals surface area contributed by atoms with Crippen LogP contribution in [0.3, 0.4) is 0 Å². The van der Waals surface area contributed by atoms with E-state index in [9.17, 15) is 18.0 Å². The summed E-state index contributed by atoms with van der Waals surface area (Å²) < 4.78 is 42.5. The molecule has 1 saturated heterocycles. The summed E-state index contributed by atoms with van der Waals surface area (Å²) in [5, 5.41) is 4.44. The van der Waals surface area contributed by atoms with E-state index in [1.807, 2.05) is 5.01 Å². The number of piperidine rings is 1. The summed E-state index contributed by atoms with van der Waals surface area (Å²) >= 11 is 12.3. The van der Waals surface area contributed by atoms with E-state index in [0.29, 0.717) is 51.7 Å². The van der Waals surface area contributed by atoms with Gasteiger partial charge in [0, 0.05) is 29.4 Å². The second kappa shape index (κ2) is 11.1. The molecule has 4 rings (SSSR count). The summed E-state index contributed by atoms with van der Waals surface area (Å²) in [5.74, 6) is 0.418. The lowest BCUT2D eigenvalue weighted by atomic mass is 10.1. The van der Waals surface area contributed by atoms with Crippen molar-refractivity contribution in [2.24, 2.45) is 0 Å². The number of nitrogens with zero attached hydrogens (tertiary/aromatic N) is 3. The van der Waals surface area contributed by atoms with E-state index in [2.05, 4.69) is 9.97 Å². The molecule has 1 aliphatic rings. The molecule has 0 saturated carbocycles. The largest absolute Gasteiger partial charge is 0.493 e. The Hall–Kier alpha value is -2.75. The van der Waals surface area contributed by atoms with Crippen LogP contribution in [0.2, 0.25) is 10.0 Å². The number of aromatic amines is 1. The maximum atomic E-state index is 13.8. The van der Waals surface area contributed by atoms with Gasteiger partial charge in [-0.1, -0.05) is 29.6 Å². The lowest BCUT2D eigenvalue weighted by Crippen LogP contribution is -2.49. The quantitative estimate of drug-likeness (QED) is 0.348. The van der Waals surface area contributed by atoms with Crippen LogP contribution in [-0.2, 0) is 0 Å². The van der Waals surface area contributed by atoms with Gasteiger partial charge < -0.3 is 9.72 Å². The number of aryl methyl sites for hydroxylation is 1. The number of carbonyl (C=O) groups is 1. The van der Waals surface area contributed by atoms with E-state index in [-0.39, 0.29) is 11.6 Å². The van der Waals surface area contributed by atoms with Gasteiger partial charge in [-0.15, -0.1) is 0 Å². The number of aromatic nitrogens is 2. The Labute approximate surface area is 216 Å². The summed E-state index contributed by atoms with van der Waals surface area (Å²) in [6.07, 6.45) is -2.37. The molecule has 2 heterocycles. The SMILES string of the molecule is Cc1[nH]c(-c2ccc(Cl)cc2Cl)nc1C(=O)N(c1ccc(OCCC(F)(F)F)cc1)N1CCCCC1. The fraction of sp³-hybridized carbons (Fsp3) is 0.360. The van der Waals surface area contributed by atoms with E-state index in [0.717, 1.165) is 19.3 Å². The zero-order chi connectivity index (χ0) is 25.9. The molecule has 1 fully saturated rings. The molecule has 1 N–H and O–H groups in total. The molecular weight excluding hydrogens is 516 g/mol. The van der Waals surface area contributed by atoms with Crippen molar-refractivity contribution in [3.8, 4) is 17.1 Å². The molecule has 1 aromatic heterocycles. The van der Waals surface area contributed by atoms with Crippen molar-refractivity contribution < 1.29 is 22.7 Å². The highest BCUT2D eigenvalue weighted by Crippen LogP contribution is 2.31. The minimum atomic E-state index is -4.28. The number of alkyl halides is 3. The standard InChI is InChI=1S/C25H25Cl2F3N4O2/c1-16-22(32-23(31-16)20-10-5-17(26)15-21(20)27)24(35)34(33-12-3-2-4-13-33)18-6-8-19(9-7-18)36-14-11-25(28,29)30/h5-10,15H,2-4,11-14H2,1H3,(H,31,32). The number of imidazole rings is 1. The van der Waals surface area contributed by atoms with Crippen LogP contribution in [0.4, 0.5) is 18.9 Å². The highest BCUT2D eigenvalue weighted by molar-refractivity contribution is 6.36. The van der Waals surface area contributed by atoms with Crippen LogP contribution in [0.5, 0.6) is 5.75 Å². The average molecular weight is 541 g/mol. The Morgan fingerprint density at radius 2 is 1.81 bits per heavy atom. The van der Waals surface area contributed by atoms with Gasteiger partial charge in [0.15, 0.2) is 5.69 Å². The first-order chi connectivity index (χ1) is 17.1. The number of H-pyrrole nitrogens is 1. The maximum absolute atomic E-state index is 13.8. The molecule has 0 bridgehead atoms. The molecule has 11 heteroatoms. The van der Waals surface area contributed by atoms with Gasteiger partial charge in [-0.25, -0.2) is 15.0 Å². The summed E-state index contributed by atoms with van der Waals surface area (Å²) in [6.45, 7) is 2.67. The van der Waals surface area contributed by atoms with E-state index < -0.39 is 19.2 Å². The number of hydrogen-bond donors (Lipinski definition) is 1. The van der Waals surface area contributed by atoms with Crippen LogP contribution < -0.4 is 9.75 Å². The van der Waals surface area contributed by atoms with Crippen LogP contribution in [0.25, 0.3) is 11.4 Å². The molecule has 3 aromatic rings. The summed E-state index contributed by atoms with van der Waals surface area (Å²) in [7, 11) is 0. The Kier molecular flexibility index (Phi) is 8.12. The van der Waals surface area contributed by atoms with Gasteiger partial charge in [0.25, 0.3) is 5.91 Å². The molecule has 1 aliphatic heterocycles. The topological polar surface area (TPSA) is 61.5 Å². The second-order valence-corrected chi connectivity index (χ2v) is 9.37. The van der Waals surface area contributed by atoms with Gasteiger partial charge in [0.05, 0.1) is 23.7 Å². The lowest BCUT2D eigenvalue weighted by Gasteiger charge is -2.37. The molecule has 36 heavy (non-hydrogen) atoms. The summed E-state index contributed by atoms with van der Waals surface area (Å²) in [4.78, 5) is 21.5. The molecule has 1 amide bonds. The van der Waals surface area contributed by atoms with Crippen molar-refractivity contribution in [1.82, 2.24) is 15.0 Å². The third-order valence-electron chi connectivity index (χ3n) is 5.82. The van der Waals surface area contributed by atoms with E-state index >= 15 is 0 Å². The van der Waals surface area contributed by atoms with Gasteiger partial charge in [0.2, 0.25) is 0 Å². The first-order valence-electron chi connectivity index (χ1n) is 11.5. The maximum Gasteiger partial charge on any atom is 0.392 e. The third-order valence-corrected chi connectivity index (χ3v) is 6.36. The zero-order valence-corrected chi connectivity index (χ0v) is 21.1. The smallest absolute Gasteiger partial charge is 0.392 e. The van der Waals surface area contributed by atoms with Crippen LogP contribution in [0.1, 0.15) is 41.9 Å². The molecular formula is C25H25Cl2F3N4O2. The highest BCUT2D eigenvalue weighted by Gasteiger charge is 2.30. The molecule has 192 valence electrons. The van der Waals surface area contributed by atoms with Crippen LogP contribution in [-0.4, -0.2) is 46.8 Å². The first kappa shape index (κ1) is 26.3. The number of benzene rings is 2. The number of hydrogen-bond acceptors (Lipinski definition) is 4. The van der Waals surface area contributed by atoms with E-state index in [4.69, 9.17) is 27.9 Å². The van der Waals surface area contributed by atoms with E-state index in [1.54, 1.807) is 54.4 Å². The van der Waals surface area contributed by atoms with Crippen LogP contribution in [0, 0.1) is 6.92 Å². The fourth-order valence-electron chi connectivity index (χ4n) is 4.03. The lowest BCUT2D eigenvalue weighted by molar-refractivity contribution is -0.139. The number of ether oxygens (including phenoxy) is 1. The molecule has 2 aromatic carbocycles. The minimum Gasteiger partial charge on any atom is -0.493 e. The number of halogens is 5. The molecule has 0 spiro atoms. The minimum absolute atomic E-state index is 0.243. The van der Waals surface area contributed by atoms with E-state index in [1.165, 1.54) is 0 Å². The first-order valence-corrected chi connectivity index (χ1v) is 12.3. The number of carbonyl (C=O) groups excluding carboxylic acids is 1. The molecule has 0 aliphatic carbocycles. The fourth-order valence-corrected chi connectivity index (χ4v) is 4.53. The van der Waals surface area contributed by atoms with Crippen molar-refractivity contribution in [3.63, 3.8) is 0 Å². The Morgan fingerprint density at radius 3 is 2.44 bits per heavy atom. The average Bonchev–Trinajstić information content (AvgIpc) is 3.21. The monoisotopic (exact) mass is 540 g/mol. The Morgan fingerprint density at radius 1 is 1.11 bits per heavy atom. The number of hydrazine groups is 1. The number of rotatable bonds is 7. The Balaban J connectivity index is 1.61. The van der Waals surface area contributed by atoms with Crippen molar-refractivity contribution in [2.45, 2.75) is 38.8 Å². The molecule has 0 atom stereocenters. The van der Waals surface area contributed by atoms with Crippen LogP contribution >= 0.6 is 23.2 Å². The summed E-state index contributed by atoms with van der Waals surface area (Å²) in [5.41, 5.74) is 2.01. The normalized spacial score (nSPS) is 14.6. The molecule has 6 nitrogen and oxygen atoms in total.